The molecule has 144 valence electrons. The standard InChI is InChI=1S/C19H20N6O3/c1-12-11-13(2)25-19(20-12)22-16(23-25)17(26)21-15-6-4-3-5-14(15)18(27)24-7-9-28-10-8-24/h3-6,11H,7-10H2,1-2H3,(H,21,26). The van der Waals surface area contributed by atoms with E-state index in [1.807, 2.05) is 19.9 Å². The van der Waals surface area contributed by atoms with Crippen molar-refractivity contribution in [2.75, 3.05) is 31.6 Å². The lowest BCUT2D eigenvalue weighted by Gasteiger charge is -2.27. The Bertz CT molecular complexity index is 1060. The van der Waals surface area contributed by atoms with Gasteiger partial charge in [0.1, 0.15) is 0 Å². The van der Waals surface area contributed by atoms with Crippen molar-refractivity contribution in [1.29, 1.82) is 0 Å². The van der Waals surface area contributed by atoms with Crippen molar-refractivity contribution in [2.45, 2.75) is 13.8 Å². The maximum atomic E-state index is 12.8. The Kier molecular flexibility index (Phi) is 4.74. The summed E-state index contributed by atoms with van der Waals surface area (Å²) in [6, 6.07) is 8.77. The van der Waals surface area contributed by atoms with E-state index in [4.69, 9.17) is 4.74 Å². The first kappa shape index (κ1) is 18.1. The fraction of sp³-hybridized carbons (Fsp3) is 0.316. The van der Waals surface area contributed by atoms with E-state index < -0.39 is 5.91 Å². The number of para-hydroxylation sites is 1. The Morgan fingerprint density at radius 2 is 1.86 bits per heavy atom. The second-order valence-corrected chi connectivity index (χ2v) is 6.59. The number of rotatable bonds is 3. The summed E-state index contributed by atoms with van der Waals surface area (Å²) in [7, 11) is 0. The normalized spacial score (nSPS) is 14.3. The van der Waals surface area contributed by atoms with Gasteiger partial charge in [-0.1, -0.05) is 12.1 Å². The molecule has 3 aromatic rings. The van der Waals surface area contributed by atoms with Crippen molar-refractivity contribution in [3.63, 3.8) is 0 Å². The fourth-order valence-corrected chi connectivity index (χ4v) is 3.16. The van der Waals surface area contributed by atoms with Crippen LogP contribution in [0.4, 0.5) is 5.69 Å². The molecule has 2 aromatic heterocycles. The smallest absolute Gasteiger partial charge is 0.295 e. The molecule has 0 saturated carbocycles. The molecule has 1 N–H and O–H groups in total. The molecule has 0 spiro atoms. The zero-order valence-electron chi connectivity index (χ0n) is 15.7. The molecule has 0 bridgehead atoms. The van der Waals surface area contributed by atoms with E-state index in [1.54, 1.807) is 29.2 Å². The maximum absolute atomic E-state index is 12.8. The van der Waals surface area contributed by atoms with Crippen molar-refractivity contribution in [2.24, 2.45) is 0 Å². The Labute approximate surface area is 161 Å². The molecule has 3 heterocycles. The molecule has 0 unspecified atom stereocenters. The minimum atomic E-state index is -0.496. The number of hydrogen-bond donors (Lipinski definition) is 1. The van der Waals surface area contributed by atoms with Gasteiger partial charge in [-0.05, 0) is 32.0 Å². The average Bonchev–Trinajstić information content (AvgIpc) is 3.13. The van der Waals surface area contributed by atoms with Gasteiger partial charge in [0.2, 0.25) is 5.82 Å². The molecular formula is C19H20N6O3. The summed E-state index contributed by atoms with van der Waals surface area (Å²) < 4.78 is 6.82. The van der Waals surface area contributed by atoms with Gasteiger partial charge in [0, 0.05) is 24.5 Å². The van der Waals surface area contributed by atoms with Crippen LogP contribution in [0.5, 0.6) is 0 Å². The van der Waals surface area contributed by atoms with Crippen LogP contribution in [0.1, 0.15) is 32.4 Å². The third-order valence-corrected chi connectivity index (χ3v) is 4.53. The number of carbonyl (C=O) groups excluding carboxylic acids is 2. The zero-order chi connectivity index (χ0) is 19.7. The highest BCUT2D eigenvalue weighted by molar-refractivity contribution is 6.07. The second-order valence-electron chi connectivity index (χ2n) is 6.59. The SMILES string of the molecule is Cc1cc(C)n2nc(C(=O)Nc3ccccc3C(=O)N3CCOCC3)nc2n1. The van der Waals surface area contributed by atoms with Crippen molar-refractivity contribution in [3.05, 3.63) is 53.1 Å². The van der Waals surface area contributed by atoms with Crippen LogP contribution in [0.3, 0.4) is 0 Å². The van der Waals surface area contributed by atoms with Gasteiger partial charge in [0.05, 0.1) is 24.5 Å². The molecule has 1 aromatic carbocycles. The summed E-state index contributed by atoms with van der Waals surface area (Å²) in [5, 5.41) is 6.99. The largest absolute Gasteiger partial charge is 0.378 e. The van der Waals surface area contributed by atoms with Gasteiger partial charge in [-0.2, -0.15) is 4.98 Å². The van der Waals surface area contributed by atoms with Gasteiger partial charge in [-0.3, -0.25) is 9.59 Å². The fourth-order valence-electron chi connectivity index (χ4n) is 3.16. The Morgan fingerprint density at radius 1 is 1.11 bits per heavy atom. The quantitative estimate of drug-likeness (QED) is 0.738. The van der Waals surface area contributed by atoms with Gasteiger partial charge in [0.25, 0.3) is 17.6 Å². The average molecular weight is 380 g/mol. The van der Waals surface area contributed by atoms with Crippen molar-refractivity contribution >= 4 is 23.3 Å². The minimum absolute atomic E-state index is 0.00479. The van der Waals surface area contributed by atoms with E-state index in [0.29, 0.717) is 43.3 Å². The predicted molar refractivity (Wildman–Crippen MR) is 101 cm³/mol. The third kappa shape index (κ3) is 3.44. The van der Waals surface area contributed by atoms with Crippen molar-refractivity contribution in [3.8, 4) is 0 Å². The lowest BCUT2D eigenvalue weighted by Crippen LogP contribution is -2.41. The van der Waals surface area contributed by atoms with Crippen LogP contribution in [0.25, 0.3) is 5.78 Å². The molecular weight excluding hydrogens is 360 g/mol. The lowest BCUT2D eigenvalue weighted by atomic mass is 10.1. The van der Waals surface area contributed by atoms with E-state index in [-0.39, 0.29) is 11.7 Å². The summed E-state index contributed by atoms with van der Waals surface area (Å²) in [6.45, 7) is 5.80. The van der Waals surface area contributed by atoms with Gasteiger partial charge >= 0.3 is 0 Å². The van der Waals surface area contributed by atoms with Crippen molar-refractivity contribution < 1.29 is 14.3 Å². The number of carbonyl (C=O) groups is 2. The number of benzene rings is 1. The first-order valence-electron chi connectivity index (χ1n) is 9.01. The molecule has 0 radical (unpaired) electrons. The summed E-state index contributed by atoms with van der Waals surface area (Å²) in [6.07, 6.45) is 0. The highest BCUT2D eigenvalue weighted by Crippen LogP contribution is 2.19. The molecule has 1 saturated heterocycles. The number of aryl methyl sites for hydroxylation is 2. The van der Waals surface area contributed by atoms with E-state index in [9.17, 15) is 9.59 Å². The van der Waals surface area contributed by atoms with Crippen LogP contribution in [0.2, 0.25) is 0 Å². The number of amides is 2. The molecule has 0 atom stereocenters. The van der Waals surface area contributed by atoms with E-state index in [0.717, 1.165) is 11.4 Å². The predicted octanol–water partition coefficient (Wildman–Crippen LogP) is 1.47. The summed E-state index contributed by atoms with van der Waals surface area (Å²) in [5.41, 5.74) is 2.47. The molecule has 1 aliphatic heterocycles. The minimum Gasteiger partial charge on any atom is -0.378 e. The Morgan fingerprint density at radius 3 is 2.64 bits per heavy atom. The first-order valence-corrected chi connectivity index (χ1v) is 9.01. The number of morpholine rings is 1. The van der Waals surface area contributed by atoms with Crippen molar-refractivity contribution in [1.82, 2.24) is 24.5 Å². The number of hydrogen-bond acceptors (Lipinski definition) is 6. The van der Waals surface area contributed by atoms with Crippen LogP contribution >= 0.6 is 0 Å². The zero-order valence-corrected chi connectivity index (χ0v) is 15.7. The molecule has 4 rings (SSSR count). The Hall–Kier alpha value is -3.33. The van der Waals surface area contributed by atoms with E-state index in [2.05, 4.69) is 20.4 Å². The van der Waals surface area contributed by atoms with Gasteiger partial charge in [-0.25, -0.2) is 9.50 Å². The number of nitrogens with zero attached hydrogens (tertiary/aromatic N) is 5. The van der Waals surface area contributed by atoms with E-state index >= 15 is 0 Å². The van der Waals surface area contributed by atoms with Gasteiger partial charge in [-0.15, -0.1) is 5.10 Å². The molecule has 9 nitrogen and oxygen atoms in total. The molecule has 9 heteroatoms. The summed E-state index contributed by atoms with van der Waals surface area (Å²) in [4.78, 5) is 35.8. The number of anilines is 1. The van der Waals surface area contributed by atoms with Gasteiger partial charge in [0.15, 0.2) is 0 Å². The lowest BCUT2D eigenvalue weighted by molar-refractivity contribution is 0.0303. The molecule has 1 fully saturated rings. The number of ether oxygens (including phenoxy) is 1. The van der Waals surface area contributed by atoms with Crippen LogP contribution in [-0.4, -0.2) is 62.6 Å². The third-order valence-electron chi connectivity index (χ3n) is 4.53. The monoisotopic (exact) mass is 380 g/mol. The topological polar surface area (TPSA) is 102 Å². The van der Waals surface area contributed by atoms with Crippen LogP contribution < -0.4 is 5.32 Å². The molecule has 1 aliphatic rings. The second kappa shape index (κ2) is 7.35. The highest BCUT2D eigenvalue weighted by atomic mass is 16.5. The molecule has 2 amide bonds. The van der Waals surface area contributed by atoms with Crippen LogP contribution in [0, 0.1) is 13.8 Å². The number of nitrogens with one attached hydrogen (secondary N) is 1. The summed E-state index contributed by atoms with van der Waals surface area (Å²) >= 11 is 0. The van der Waals surface area contributed by atoms with Crippen LogP contribution in [-0.2, 0) is 4.74 Å². The van der Waals surface area contributed by atoms with Crippen LogP contribution in [0.15, 0.2) is 30.3 Å². The molecule has 28 heavy (non-hydrogen) atoms. The van der Waals surface area contributed by atoms with Gasteiger partial charge < -0.3 is 15.0 Å². The highest BCUT2D eigenvalue weighted by Gasteiger charge is 2.23. The number of aromatic nitrogens is 4. The summed E-state index contributed by atoms with van der Waals surface area (Å²) in [5.74, 6) is -0.282. The Balaban J connectivity index is 1.60. The van der Waals surface area contributed by atoms with E-state index in [1.165, 1.54) is 4.52 Å². The number of fused-ring (bicyclic) bond motifs is 1. The first-order chi connectivity index (χ1) is 13.5. The molecule has 0 aliphatic carbocycles. The maximum Gasteiger partial charge on any atom is 0.295 e.